The van der Waals surface area contributed by atoms with Crippen LogP contribution in [-0.4, -0.2) is 25.1 Å². The van der Waals surface area contributed by atoms with Crippen molar-refractivity contribution in [2.24, 2.45) is 0 Å². The van der Waals surface area contributed by atoms with E-state index >= 15 is 0 Å². The van der Waals surface area contributed by atoms with Crippen LogP contribution in [0.15, 0.2) is 36.5 Å². The van der Waals surface area contributed by atoms with E-state index in [2.05, 4.69) is 10.3 Å². The lowest BCUT2D eigenvalue weighted by Crippen LogP contribution is -2.27. The van der Waals surface area contributed by atoms with Gasteiger partial charge in [0.15, 0.2) is 11.5 Å². The van der Waals surface area contributed by atoms with Crippen LogP contribution in [0.2, 0.25) is 0 Å². The van der Waals surface area contributed by atoms with E-state index in [-0.39, 0.29) is 5.91 Å². The van der Waals surface area contributed by atoms with Crippen LogP contribution in [0.3, 0.4) is 0 Å². The summed E-state index contributed by atoms with van der Waals surface area (Å²) in [5, 5.41) is 3.00. The van der Waals surface area contributed by atoms with Crippen LogP contribution in [0.25, 0.3) is 0 Å². The Bertz CT molecular complexity index is 739. The highest BCUT2D eigenvalue weighted by atomic mass is 16.5. The van der Waals surface area contributed by atoms with Gasteiger partial charge in [0.2, 0.25) is 5.91 Å². The average molecular weight is 312 g/mol. The highest BCUT2D eigenvalue weighted by Crippen LogP contribution is 2.50. The van der Waals surface area contributed by atoms with Crippen LogP contribution in [0.4, 0.5) is 5.69 Å². The quantitative estimate of drug-likeness (QED) is 0.921. The molecule has 1 aromatic heterocycles. The maximum Gasteiger partial charge on any atom is 0.235 e. The Morgan fingerprint density at radius 2 is 1.87 bits per heavy atom. The molecule has 0 spiro atoms. The number of hydrogen-bond donors (Lipinski definition) is 1. The summed E-state index contributed by atoms with van der Waals surface area (Å²) in [5.41, 5.74) is 2.13. The van der Waals surface area contributed by atoms with E-state index < -0.39 is 5.41 Å². The summed E-state index contributed by atoms with van der Waals surface area (Å²) in [5.74, 6) is 1.32. The van der Waals surface area contributed by atoms with Crippen molar-refractivity contribution < 1.29 is 14.3 Å². The number of ether oxygens (including phenoxy) is 2. The number of aryl methyl sites for hydroxylation is 1. The molecule has 0 aliphatic heterocycles. The number of carbonyl (C=O) groups excluding carboxylic acids is 1. The minimum absolute atomic E-state index is 0.00956. The lowest BCUT2D eigenvalue weighted by atomic mass is 9.94. The third-order valence-corrected chi connectivity index (χ3v) is 4.28. The molecule has 0 unspecified atom stereocenters. The molecular formula is C18H20N2O3. The first-order valence-corrected chi connectivity index (χ1v) is 7.56. The number of amides is 1. The predicted molar refractivity (Wildman–Crippen MR) is 88.1 cm³/mol. The van der Waals surface area contributed by atoms with Crippen molar-refractivity contribution in [3.8, 4) is 11.5 Å². The zero-order valence-corrected chi connectivity index (χ0v) is 13.6. The molecule has 120 valence electrons. The van der Waals surface area contributed by atoms with Crippen LogP contribution in [0, 0.1) is 6.92 Å². The van der Waals surface area contributed by atoms with E-state index in [0.29, 0.717) is 11.5 Å². The highest BCUT2D eigenvalue weighted by molar-refractivity contribution is 6.01. The number of carbonyl (C=O) groups is 1. The lowest BCUT2D eigenvalue weighted by molar-refractivity contribution is -0.118. The Morgan fingerprint density at radius 1 is 1.13 bits per heavy atom. The van der Waals surface area contributed by atoms with Crippen LogP contribution in [-0.2, 0) is 10.2 Å². The van der Waals surface area contributed by atoms with Gasteiger partial charge in [0.05, 0.1) is 19.6 Å². The number of aromatic nitrogens is 1. The molecule has 1 saturated carbocycles. The van der Waals surface area contributed by atoms with E-state index in [1.807, 2.05) is 31.2 Å². The molecule has 3 rings (SSSR count). The number of rotatable bonds is 5. The maximum absolute atomic E-state index is 12.8. The Hall–Kier alpha value is -2.56. The SMILES string of the molecule is COc1ccc(C2(C(=O)Nc3ccnc(C)c3)CC2)cc1OC. The Kier molecular flexibility index (Phi) is 3.94. The molecule has 0 atom stereocenters. The molecule has 1 fully saturated rings. The first kappa shape index (κ1) is 15.3. The maximum atomic E-state index is 12.8. The van der Waals surface area contributed by atoms with Gasteiger partial charge in [-0.15, -0.1) is 0 Å². The van der Waals surface area contributed by atoms with Crippen molar-refractivity contribution in [1.82, 2.24) is 4.98 Å². The van der Waals surface area contributed by atoms with Gasteiger partial charge in [-0.2, -0.15) is 0 Å². The summed E-state index contributed by atoms with van der Waals surface area (Å²) in [6.45, 7) is 1.90. The fourth-order valence-electron chi connectivity index (χ4n) is 2.78. The number of pyridine rings is 1. The minimum atomic E-state index is -0.475. The fourth-order valence-corrected chi connectivity index (χ4v) is 2.78. The molecule has 1 N–H and O–H groups in total. The molecule has 1 heterocycles. The molecule has 0 saturated heterocycles. The molecule has 23 heavy (non-hydrogen) atoms. The smallest absolute Gasteiger partial charge is 0.235 e. The molecule has 1 aliphatic carbocycles. The molecule has 5 nitrogen and oxygen atoms in total. The van der Waals surface area contributed by atoms with Crippen molar-refractivity contribution in [2.75, 3.05) is 19.5 Å². The molecule has 2 aromatic rings. The van der Waals surface area contributed by atoms with Gasteiger partial charge in [0, 0.05) is 17.6 Å². The van der Waals surface area contributed by atoms with Gasteiger partial charge in [-0.3, -0.25) is 9.78 Å². The topological polar surface area (TPSA) is 60.5 Å². The summed E-state index contributed by atoms with van der Waals surface area (Å²) in [4.78, 5) is 16.9. The molecule has 5 heteroatoms. The van der Waals surface area contributed by atoms with E-state index in [1.165, 1.54) is 0 Å². The highest BCUT2D eigenvalue weighted by Gasteiger charge is 2.51. The van der Waals surface area contributed by atoms with Gasteiger partial charge in [0.1, 0.15) is 0 Å². The second-order valence-electron chi connectivity index (χ2n) is 5.79. The van der Waals surface area contributed by atoms with Crippen molar-refractivity contribution >= 4 is 11.6 Å². The van der Waals surface area contributed by atoms with Crippen LogP contribution >= 0.6 is 0 Å². The van der Waals surface area contributed by atoms with E-state index in [9.17, 15) is 4.79 Å². The zero-order valence-electron chi connectivity index (χ0n) is 13.6. The van der Waals surface area contributed by atoms with Crippen molar-refractivity contribution in [3.63, 3.8) is 0 Å². The lowest BCUT2D eigenvalue weighted by Gasteiger charge is -2.18. The summed E-state index contributed by atoms with van der Waals surface area (Å²) >= 11 is 0. The summed E-state index contributed by atoms with van der Waals surface area (Å²) in [6, 6.07) is 9.34. The third-order valence-electron chi connectivity index (χ3n) is 4.28. The Morgan fingerprint density at radius 3 is 2.48 bits per heavy atom. The van der Waals surface area contributed by atoms with Gasteiger partial charge in [-0.1, -0.05) is 6.07 Å². The van der Waals surface area contributed by atoms with E-state index in [4.69, 9.17) is 9.47 Å². The van der Waals surface area contributed by atoms with Crippen LogP contribution < -0.4 is 14.8 Å². The number of nitrogens with zero attached hydrogens (tertiary/aromatic N) is 1. The number of anilines is 1. The summed E-state index contributed by atoms with van der Waals surface area (Å²) in [6.07, 6.45) is 3.36. The van der Waals surface area contributed by atoms with Crippen molar-refractivity contribution in [2.45, 2.75) is 25.2 Å². The molecular weight excluding hydrogens is 292 g/mol. The Balaban J connectivity index is 1.85. The summed E-state index contributed by atoms with van der Waals surface area (Å²) in [7, 11) is 3.20. The van der Waals surface area contributed by atoms with Gasteiger partial charge < -0.3 is 14.8 Å². The monoisotopic (exact) mass is 312 g/mol. The van der Waals surface area contributed by atoms with E-state index in [1.54, 1.807) is 26.5 Å². The molecule has 1 aromatic carbocycles. The Labute approximate surface area is 135 Å². The van der Waals surface area contributed by atoms with Gasteiger partial charge in [-0.25, -0.2) is 0 Å². The number of hydrogen-bond acceptors (Lipinski definition) is 4. The predicted octanol–water partition coefficient (Wildman–Crippen LogP) is 3.08. The number of nitrogens with one attached hydrogen (secondary N) is 1. The minimum Gasteiger partial charge on any atom is -0.493 e. The van der Waals surface area contributed by atoms with Crippen molar-refractivity contribution in [3.05, 3.63) is 47.8 Å². The van der Waals surface area contributed by atoms with Crippen LogP contribution in [0.1, 0.15) is 24.1 Å². The molecule has 1 amide bonds. The zero-order chi connectivity index (χ0) is 16.4. The second-order valence-corrected chi connectivity index (χ2v) is 5.79. The molecule has 0 bridgehead atoms. The first-order chi connectivity index (χ1) is 11.1. The van der Waals surface area contributed by atoms with Gasteiger partial charge in [0.25, 0.3) is 0 Å². The van der Waals surface area contributed by atoms with Gasteiger partial charge in [-0.05, 0) is 49.6 Å². The summed E-state index contributed by atoms with van der Waals surface area (Å²) < 4.78 is 10.6. The number of benzene rings is 1. The van der Waals surface area contributed by atoms with Gasteiger partial charge >= 0.3 is 0 Å². The fraction of sp³-hybridized carbons (Fsp3) is 0.333. The van der Waals surface area contributed by atoms with E-state index in [0.717, 1.165) is 29.8 Å². The standard InChI is InChI=1S/C18H20N2O3/c1-12-10-14(6-9-19-12)20-17(21)18(7-8-18)13-4-5-15(22-2)16(11-13)23-3/h4-6,9-11H,7-8H2,1-3H3,(H,19,20,21). The largest absolute Gasteiger partial charge is 0.493 e. The second kappa shape index (κ2) is 5.91. The third kappa shape index (κ3) is 2.86. The molecule has 1 aliphatic rings. The normalized spacial score (nSPS) is 14.9. The first-order valence-electron chi connectivity index (χ1n) is 7.56. The van der Waals surface area contributed by atoms with Crippen LogP contribution in [0.5, 0.6) is 11.5 Å². The van der Waals surface area contributed by atoms with Crippen molar-refractivity contribution in [1.29, 1.82) is 0 Å². The number of methoxy groups -OCH3 is 2. The average Bonchev–Trinajstić information content (AvgIpc) is 3.36. The molecule has 0 radical (unpaired) electrons.